The van der Waals surface area contributed by atoms with E-state index in [0.29, 0.717) is 13.0 Å². The van der Waals surface area contributed by atoms with Crippen LogP contribution in [-0.4, -0.2) is 34.0 Å². The number of hydrogen-bond acceptors (Lipinski definition) is 4. The molecule has 1 aromatic carbocycles. The van der Waals surface area contributed by atoms with Gasteiger partial charge in [-0.2, -0.15) is 0 Å². The number of hydrogen-bond donors (Lipinski definition) is 1. The Balaban J connectivity index is 2.92. The molecule has 1 amide bonds. The first-order valence-corrected chi connectivity index (χ1v) is 6.08. The second-order valence-electron chi connectivity index (χ2n) is 4.19. The summed E-state index contributed by atoms with van der Waals surface area (Å²) in [6, 6.07) is 1.94. The first-order chi connectivity index (χ1) is 9.04. The maximum absolute atomic E-state index is 11.0. The van der Waals surface area contributed by atoms with Gasteiger partial charge >= 0.3 is 6.09 Å². The minimum atomic E-state index is -0.435. The lowest BCUT2D eigenvalue weighted by molar-refractivity contribution is 0.171. The van der Waals surface area contributed by atoms with Crippen molar-refractivity contribution in [3.05, 3.63) is 22.8 Å². The predicted octanol–water partition coefficient (Wildman–Crippen LogP) is 2.22. The summed E-state index contributed by atoms with van der Waals surface area (Å²) in [5, 5.41) is 2.65. The number of rotatable bonds is 5. The highest BCUT2D eigenvalue weighted by atomic mass is 16.5. The van der Waals surface area contributed by atoms with Crippen LogP contribution in [0.2, 0.25) is 0 Å². The molecule has 0 aromatic heterocycles. The molecule has 5 heteroatoms. The third kappa shape index (κ3) is 3.53. The van der Waals surface area contributed by atoms with E-state index in [2.05, 4.69) is 10.1 Å². The Bertz CT molecular complexity index is 457. The van der Waals surface area contributed by atoms with E-state index in [0.717, 1.165) is 28.2 Å². The molecule has 0 aliphatic carbocycles. The smallest absolute Gasteiger partial charge is 0.406 e. The number of amides is 1. The highest BCUT2D eigenvalue weighted by molar-refractivity contribution is 5.66. The molecule has 0 saturated heterocycles. The molecule has 0 fully saturated rings. The number of benzene rings is 1. The minimum absolute atomic E-state index is 0.435. The third-order valence-electron chi connectivity index (χ3n) is 3.14. The molecule has 19 heavy (non-hydrogen) atoms. The molecule has 0 aliphatic rings. The highest BCUT2D eigenvalue weighted by Gasteiger charge is 2.13. The Kier molecular flexibility index (Phi) is 5.48. The van der Waals surface area contributed by atoms with E-state index in [-0.39, 0.29) is 0 Å². The summed E-state index contributed by atoms with van der Waals surface area (Å²) >= 11 is 0. The Morgan fingerprint density at radius 2 is 1.84 bits per heavy atom. The second kappa shape index (κ2) is 6.87. The van der Waals surface area contributed by atoms with E-state index in [1.54, 1.807) is 14.2 Å². The number of carbonyl (C=O) groups is 1. The summed E-state index contributed by atoms with van der Waals surface area (Å²) in [4.78, 5) is 11.0. The Morgan fingerprint density at radius 3 is 2.37 bits per heavy atom. The molecule has 106 valence electrons. The van der Waals surface area contributed by atoms with E-state index in [9.17, 15) is 4.79 Å². The largest absolute Gasteiger partial charge is 0.496 e. The lowest BCUT2D eigenvalue weighted by Gasteiger charge is -2.16. The van der Waals surface area contributed by atoms with Crippen LogP contribution in [-0.2, 0) is 11.2 Å². The zero-order valence-corrected chi connectivity index (χ0v) is 12.1. The van der Waals surface area contributed by atoms with Gasteiger partial charge in [-0.15, -0.1) is 0 Å². The van der Waals surface area contributed by atoms with E-state index in [1.807, 2.05) is 19.9 Å². The molecule has 0 radical (unpaired) electrons. The summed E-state index contributed by atoms with van der Waals surface area (Å²) in [6.45, 7) is 4.47. The molecule has 1 aromatic rings. The van der Waals surface area contributed by atoms with Gasteiger partial charge in [0.2, 0.25) is 0 Å². The van der Waals surface area contributed by atoms with E-state index < -0.39 is 6.09 Å². The van der Waals surface area contributed by atoms with Crippen LogP contribution in [0.15, 0.2) is 6.07 Å². The van der Waals surface area contributed by atoms with Crippen LogP contribution in [0.4, 0.5) is 4.79 Å². The third-order valence-corrected chi connectivity index (χ3v) is 3.14. The lowest BCUT2D eigenvalue weighted by Crippen LogP contribution is -2.25. The highest BCUT2D eigenvalue weighted by Crippen LogP contribution is 2.33. The van der Waals surface area contributed by atoms with Gasteiger partial charge < -0.3 is 19.5 Å². The second-order valence-corrected chi connectivity index (χ2v) is 4.19. The van der Waals surface area contributed by atoms with Crippen molar-refractivity contribution >= 4 is 6.09 Å². The normalized spacial score (nSPS) is 9.95. The van der Waals surface area contributed by atoms with Gasteiger partial charge in [0, 0.05) is 6.54 Å². The zero-order valence-electron chi connectivity index (χ0n) is 12.1. The molecule has 0 unspecified atom stereocenters. The van der Waals surface area contributed by atoms with Crippen LogP contribution in [0.5, 0.6) is 11.5 Å². The number of ether oxygens (including phenoxy) is 3. The van der Waals surface area contributed by atoms with Crippen molar-refractivity contribution in [1.29, 1.82) is 0 Å². The summed E-state index contributed by atoms with van der Waals surface area (Å²) in [6.07, 6.45) is 0.213. The van der Waals surface area contributed by atoms with Crippen LogP contribution in [0.1, 0.15) is 16.7 Å². The average Bonchev–Trinajstić information content (AvgIpc) is 2.42. The van der Waals surface area contributed by atoms with E-state index >= 15 is 0 Å². The van der Waals surface area contributed by atoms with Crippen LogP contribution >= 0.6 is 0 Å². The fraction of sp³-hybridized carbons (Fsp3) is 0.500. The van der Waals surface area contributed by atoms with Gasteiger partial charge in [0.1, 0.15) is 11.5 Å². The molecule has 0 spiro atoms. The van der Waals surface area contributed by atoms with Crippen molar-refractivity contribution in [3.63, 3.8) is 0 Å². The van der Waals surface area contributed by atoms with Crippen molar-refractivity contribution in [3.8, 4) is 11.5 Å². The zero-order chi connectivity index (χ0) is 14.4. The number of nitrogens with one attached hydrogen (secondary N) is 1. The summed E-state index contributed by atoms with van der Waals surface area (Å²) in [7, 11) is 4.63. The summed E-state index contributed by atoms with van der Waals surface area (Å²) in [5.74, 6) is 1.66. The molecule has 1 N–H and O–H groups in total. The number of methoxy groups -OCH3 is 3. The van der Waals surface area contributed by atoms with Crippen LogP contribution in [0.25, 0.3) is 0 Å². The minimum Gasteiger partial charge on any atom is -0.496 e. The van der Waals surface area contributed by atoms with Gasteiger partial charge in [0.15, 0.2) is 0 Å². The maximum Gasteiger partial charge on any atom is 0.406 e. The van der Waals surface area contributed by atoms with Gasteiger partial charge in [0.25, 0.3) is 0 Å². The van der Waals surface area contributed by atoms with Crippen LogP contribution in [0.3, 0.4) is 0 Å². The molecule has 0 bridgehead atoms. The molecule has 0 aliphatic heterocycles. The van der Waals surface area contributed by atoms with Crippen LogP contribution < -0.4 is 14.8 Å². The topological polar surface area (TPSA) is 56.8 Å². The molecule has 0 atom stereocenters. The monoisotopic (exact) mass is 267 g/mol. The Labute approximate surface area is 113 Å². The van der Waals surface area contributed by atoms with Gasteiger partial charge in [-0.25, -0.2) is 4.79 Å². The Hall–Kier alpha value is -1.91. The van der Waals surface area contributed by atoms with Crippen molar-refractivity contribution in [2.45, 2.75) is 20.3 Å². The maximum atomic E-state index is 11.0. The summed E-state index contributed by atoms with van der Waals surface area (Å²) < 4.78 is 15.3. The molecular formula is C14H21NO4. The SMILES string of the molecule is COC(=O)NCCc1cc(OC)c(C)c(C)c1OC. The quantitative estimate of drug-likeness (QED) is 0.888. The fourth-order valence-corrected chi connectivity index (χ4v) is 1.98. The van der Waals surface area contributed by atoms with Crippen molar-refractivity contribution < 1.29 is 19.0 Å². The average molecular weight is 267 g/mol. The number of alkyl carbamates (subject to hydrolysis) is 1. The molecular weight excluding hydrogens is 246 g/mol. The van der Waals surface area contributed by atoms with Gasteiger partial charge in [0.05, 0.1) is 21.3 Å². The van der Waals surface area contributed by atoms with Crippen molar-refractivity contribution in [1.82, 2.24) is 5.32 Å². The van der Waals surface area contributed by atoms with E-state index in [1.165, 1.54) is 7.11 Å². The summed E-state index contributed by atoms with van der Waals surface area (Å²) in [5.41, 5.74) is 3.11. The van der Waals surface area contributed by atoms with Gasteiger partial charge in [-0.05, 0) is 43.0 Å². The first kappa shape index (κ1) is 15.1. The fourth-order valence-electron chi connectivity index (χ4n) is 1.98. The molecule has 1 rings (SSSR count). The number of carbonyl (C=O) groups excluding carboxylic acids is 1. The van der Waals surface area contributed by atoms with E-state index in [4.69, 9.17) is 9.47 Å². The molecule has 5 nitrogen and oxygen atoms in total. The van der Waals surface area contributed by atoms with Crippen molar-refractivity contribution in [2.24, 2.45) is 0 Å². The van der Waals surface area contributed by atoms with Gasteiger partial charge in [-0.1, -0.05) is 0 Å². The molecule has 0 saturated carbocycles. The first-order valence-electron chi connectivity index (χ1n) is 6.08. The van der Waals surface area contributed by atoms with Crippen molar-refractivity contribution in [2.75, 3.05) is 27.9 Å². The van der Waals surface area contributed by atoms with Crippen LogP contribution in [0, 0.1) is 13.8 Å². The lowest BCUT2D eigenvalue weighted by atomic mass is 10.0. The standard InChI is InChI=1S/C14H21NO4/c1-9-10(2)13(18-4)11(8-12(9)17-3)6-7-15-14(16)19-5/h8H,6-7H2,1-5H3,(H,15,16). The Morgan fingerprint density at radius 1 is 1.16 bits per heavy atom. The van der Waals surface area contributed by atoms with Gasteiger partial charge in [-0.3, -0.25) is 0 Å². The predicted molar refractivity (Wildman–Crippen MR) is 73.1 cm³/mol. The molecule has 0 heterocycles.